The second-order valence-electron chi connectivity index (χ2n) is 20.2. The van der Waals surface area contributed by atoms with Gasteiger partial charge in [-0.25, -0.2) is 0 Å². The highest BCUT2D eigenvalue weighted by Crippen LogP contribution is 2.76. The zero-order valence-corrected chi connectivity index (χ0v) is 34.2. The summed E-state index contributed by atoms with van der Waals surface area (Å²) in [6, 6.07) is 0. The Morgan fingerprint density at radius 2 is 1.39 bits per heavy atom. The third-order valence-electron chi connectivity index (χ3n) is 17.8. The van der Waals surface area contributed by atoms with Gasteiger partial charge in [0.2, 0.25) is 6.29 Å². The number of allylic oxidation sites excluding steroid dienone is 1. The van der Waals surface area contributed by atoms with E-state index >= 15 is 0 Å². The van der Waals surface area contributed by atoms with Crippen LogP contribution >= 0.6 is 0 Å². The number of carbonyl (C=O) groups is 1. The van der Waals surface area contributed by atoms with Crippen LogP contribution in [-0.4, -0.2) is 150 Å². The molecule has 5 aliphatic carbocycles. The fourth-order valence-electron chi connectivity index (χ4n) is 13.6. The molecule has 0 spiro atoms. The van der Waals surface area contributed by atoms with Gasteiger partial charge in [-0.2, -0.15) is 0 Å². The summed E-state index contributed by atoms with van der Waals surface area (Å²) in [4.78, 5) is 14.9. The lowest BCUT2D eigenvalue weighted by Gasteiger charge is -2.72. The van der Waals surface area contributed by atoms with Crippen molar-refractivity contribution in [3.63, 3.8) is 0 Å². The molecule has 2 aliphatic heterocycles. The highest BCUT2D eigenvalue weighted by molar-refractivity contribution is 5.79. The molecule has 10 N–H and O–H groups in total. The van der Waals surface area contributed by atoms with Crippen molar-refractivity contribution < 1.29 is 74.8 Å². The van der Waals surface area contributed by atoms with Crippen LogP contribution in [0.5, 0.6) is 0 Å². The number of ether oxygens (including phenoxy) is 4. The Morgan fingerprint density at radius 1 is 0.754 bits per heavy atom. The predicted molar refractivity (Wildman–Crippen MR) is 200 cm³/mol. The van der Waals surface area contributed by atoms with Gasteiger partial charge in [0.05, 0.1) is 36.9 Å². The number of esters is 1. The summed E-state index contributed by atoms with van der Waals surface area (Å²) in [5.41, 5.74) is -2.86. The Hall–Kier alpha value is -1.31. The molecular weight excluding hydrogens is 744 g/mol. The minimum atomic E-state index is -1.85. The van der Waals surface area contributed by atoms with E-state index in [0.29, 0.717) is 32.1 Å². The minimum Gasteiger partial charge on any atom is -0.432 e. The first kappa shape index (κ1) is 43.8. The van der Waals surface area contributed by atoms with Gasteiger partial charge in [-0.05, 0) is 98.7 Å². The van der Waals surface area contributed by atoms with Crippen molar-refractivity contribution in [2.75, 3.05) is 19.8 Å². The first-order valence-electron chi connectivity index (χ1n) is 21.1. The van der Waals surface area contributed by atoms with Gasteiger partial charge in [-0.1, -0.05) is 46.3 Å². The predicted octanol–water partition coefficient (Wildman–Crippen LogP) is 0.260. The van der Waals surface area contributed by atoms with Gasteiger partial charge in [0.15, 0.2) is 6.29 Å². The molecule has 7 aliphatic rings. The van der Waals surface area contributed by atoms with Crippen molar-refractivity contribution in [2.24, 2.45) is 50.7 Å². The van der Waals surface area contributed by atoms with Gasteiger partial charge in [0.25, 0.3) is 0 Å². The highest BCUT2D eigenvalue weighted by atomic mass is 16.7. The van der Waals surface area contributed by atoms with E-state index in [4.69, 9.17) is 18.9 Å². The molecular formula is C42H68O15. The fraction of sp³-hybridized carbons (Fsp3) is 0.929. The van der Waals surface area contributed by atoms with Crippen molar-refractivity contribution >= 4 is 5.97 Å². The average molecular weight is 813 g/mol. The molecule has 4 saturated carbocycles. The Morgan fingerprint density at radius 3 is 2.04 bits per heavy atom. The maximum atomic E-state index is 14.9. The Bertz CT molecular complexity index is 1540. The topological polar surface area (TPSA) is 256 Å². The number of carbonyl (C=O) groups excluding carboxylic acids is 1. The zero-order valence-electron chi connectivity index (χ0n) is 34.2. The first-order chi connectivity index (χ1) is 26.6. The third kappa shape index (κ3) is 6.26. The molecule has 0 bridgehead atoms. The molecule has 0 aromatic carbocycles. The van der Waals surface area contributed by atoms with Crippen LogP contribution in [0, 0.1) is 50.7 Å². The number of aliphatic hydroxyl groups excluding tert-OH is 9. The summed E-state index contributed by atoms with van der Waals surface area (Å²) in [6.07, 6.45) is -8.87. The lowest BCUT2D eigenvalue weighted by Crippen LogP contribution is -2.68. The molecule has 7 rings (SSSR count). The van der Waals surface area contributed by atoms with Crippen LogP contribution in [0.2, 0.25) is 0 Å². The fourth-order valence-corrected chi connectivity index (χ4v) is 13.6. The molecule has 15 nitrogen and oxygen atoms in total. The van der Waals surface area contributed by atoms with E-state index < -0.39 is 114 Å². The quantitative estimate of drug-likeness (QED) is 0.122. The van der Waals surface area contributed by atoms with E-state index in [2.05, 4.69) is 26.8 Å². The number of aliphatic hydroxyl groups is 10. The van der Waals surface area contributed by atoms with Crippen LogP contribution in [0.3, 0.4) is 0 Å². The maximum Gasteiger partial charge on any atom is 0.315 e. The largest absolute Gasteiger partial charge is 0.432 e. The second kappa shape index (κ2) is 14.9. The lowest BCUT2D eigenvalue weighted by molar-refractivity contribution is -0.329. The lowest BCUT2D eigenvalue weighted by atomic mass is 9.33. The number of hydrogen-bond acceptors (Lipinski definition) is 15. The van der Waals surface area contributed by atoms with Crippen molar-refractivity contribution in [2.45, 2.75) is 172 Å². The number of rotatable bonds is 7. The van der Waals surface area contributed by atoms with E-state index in [1.165, 1.54) is 0 Å². The summed E-state index contributed by atoms with van der Waals surface area (Å²) >= 11 is 0. The maximum absolute atomic E-state index is 14.9. The third-order valence-corrected chi connectivity index (χ3v) is 17.8. The van der Waals surface area contributed by atoms with Crippen LogP contribution < -0.4 is 0 Å². The van der Waals surface area contributed by atoms with Gasteiger partial charge < -0.3 is 70.0 Å². The minimum absolute atomic E-state index is 0.0783. The van der Waals surface area contributed by atoms with Crippen molar-refractivity contribution in [3.05, 3.63) is 11.6 Å². The van der Waals surface area contributed by atoms with E-state index in [0.717, 1.165) is 31.3 Å². The molecule has 21 atom stereocenters. The van der Waals surface area contributed by atoms with Crippen molar-refractivity contribution in [1.82, 2.24) is 0 Å². The molecule has 57 heavy (non-hydrogen) atoms. The average Bonchev–Trinajstić information content (AvgIpc) is 3.17. The summed E-state index contributed by atoms with van der Waals surface area (Å²) in [5, 5.41) is 107. The number of hydrogen-bond donors (Lipinski definition) is 10. The van der Waals surface area contributed by atoms with Crippen LogP contribution in [-0.2, 0) is 23.7 Å². The first-order valence-corrected chi connectivity index (χ1v) is 21.1. The highest BCUT2D eigenvalue weighted by Gasteiger charge is 2.72. The van der Waals surface area contributed by atoms with E-state index in [1.54, 1.807) is 6.92 Å². The molecule has 15 heteroatoms. The van der Waals surface area contributed by atoms with Crippen molar-refractivity contribution in [1.29, 1.82) is 0 Å². The molecule has 2 heterocycles. The second-order valence-corrected chi connectivity index (χ2v) is 20.2. The van der Waals surface area contributed by atoms with Crippen LogP contribution in [0.4, 0.5) is 0 Å². The molecule has 0 aromatic heterocycles. The van der Waals surface area contributed by atoms with E-state index in [1.807, 2.05) is 13.8 Å². The molecule has 0 radical (unpaired) electrons. The van der Waals surface area contributed by atoms with E-state index in [9.17, 15) is 55.9 Å². The summed E-state index contributed by atoms with van der Waals surface area (Å²) in [6.45, 7) is 11.5. The molecule has 6 fully saturated rings. The monoisotopic (exact) mass is 812 g/mol. The Balaban J connectivity index is 1.16. The van der Waals surface area contributed by atoms with Gasteiger partial charge in [-0.3, -0.25) is 4.79 Å². The molecule has 2 saturated heterocycles. The SMILES string of the molecule is C[C@@H]1CC[C@]2(C(=O)O[C@@H]3O[C@H](CO[C@H]4O[C@H](CO)[C@@H](O)[C@H](O)[C@H]4O)[C@@H](O)[C@H](O)[C@H]3O)CC[C@]3(C)C(=CC[C@@H]4[C@@]5(C)CC[C@H](O)[C@@](C)(CO)C5CC[C@]43C)[C@H]2[C@]1(C)O. The van der Waals surface area contributed by atoms with Crippen LogP contribution in [0.1, 0.15) is 99.3 Å². The molecule has 0 aromatic rings. The molecule has 326 valence electrons. The van der Waals surface area contributed by atoms with Crippen LogP contribution in [0.15, 0.2) is 11.6 Å². The van der Waals surface area contributed by atoms with Gasteiger partial charge >= 0.3 is 5.97 Å². The summed E-state index contributed by atoms with van der Waals surface area (Å²) < 4.78 is 22.9. The smallest absolute Gasteiger partial charge is 0.315 e. The normalized spacial score (nSPS) is 56.4. The summed E-state index contributed by atoms with van der Waals surface area (Å²) in [7, 11) is 0. The number of fused-ring (bicyclic) bond motifs is 7. The standard InChI is InChI=1S/C42H68O15/c1-20-9-14-42(36(52)57-35-32(51)30(49)28(47)23(56-35)18-54-34-31(50)29(48)27(46)22(17-43)55-34)16-15-39(4)21(33(42)41(20,6)53)7-8-25-37(2)12-11-26(45)38(3,19-44)24(37)10-13-40(25,39)5/h7,20,22-35,43-51,53H,8-19H2,1-6H3/t20-,22-,23-,24?,25-,26+,27-,28-,29+,30+,31-,32-,33+,34+,35+,37+,38+,39-,40-,41-,42+/m1/s1. The summed E-state index contributed by atoms with van der Waals surface area (Å²) in [5.74, 6) is -1.12. The Labute approximate surface area is 335 Å². The Kier molecular flexibility index (Phi) is 11.5. The van der Waals surface area contributed by atoms with Crippen molar-refractivity contribution in [3.8, 4) is 0 Å². The molecule has 0 amide bonds. The van der Waals surface area contributed by atoms with Gasteiger partial charge in [0, 0.05) is 11.3 Å². The van der Waals surface area contributed by atoms with Gasteiger partial charge in [0.1, 0.15) is 48.8 Å². The molecule has 1 unspecified atom stereocenters. The zero-order chi connectivity index (χ0) is 41.8. The van der Waals surface area contributed by atoms with Gasteiger partial charge in [-0.15, -0.1) is 0 Å². The van der Waals surface area contributed by atoms with E-state index in [-0.39, 0.29) is 35.2 Å². The van der Waals surface area contributed by atoms with Crippen LogP contribution in [0.25, 0.3) is 0 Å².